The van der Waals surface area contributed by atoms with Crippen molar-refractivity contribution in [3.8, 4) is 18.2 Å². The Kier molecular flexibility index (Phi) is 4.87. The molecule has 1 aromatic heterocycles. The Morgan fingerprint density at radius 2 is 1.64 bits per heavy atom. The van der Waals surface area contributed by atoms with Crippen molar-refractivity contribution in [2.45, 2.75) is 11.8 Å². The van der Waals surface area contributed by atoms with Crippen molar-refractivity contribution in [1.29, 1.82) is 15.8 Å². The van der Waals surface area contributed by atoms with Crippen LogP contribution in [-0.4, -0.2) is 12.4 Å². The molecule has 1 N–H and O–H groups in total. The lowest BCUT2D eigenvalue weighted by molar-refractivity contribution is 0.589. The first-order valence-corrected chi connectivity index (χ1v) is 9.49. The number of hydrogen-bond donors (Lipinski definition) is 1. The van der Waals surface area contributed by atoms with Crippen molar-refractivity contribution in [3.05, 3.63) is 71.6 Å². The van der Waals surface area contributed by atoms with Crippen LogP contribution in [0, 0.1) is 40.9 Å². The Morgan fingerprint density at radius 3 is 2.25 bits per heavy atom. The molecule has 0 spiro atoms. The Bertz CT molecular complexity index is 1310. The molecule has 0 bridgehead atoms. The molecule has 0 fully saturated rings. The fraction of sp³-hybridized carbons (Fsp3) is 0.0500. The fourth-order valence-corrected chi connectivity index (χ4v) is 4.01. The first-order valence-electron chi connectivity index (χ1n) is 8.05. The number of aromatic nitrogens is 1. The molecule has 0 amide bonds. The van der Waals surface area contributed by atoms with Crippen LogP contribution in [0.3, 0.4) is 0 Å². The molecule has 2 aromatic carbocycles. The predicted molar refractivity (Wildman–Crippen MR) is 103 cm³/mol. The highest BCUT2D eigenvalue weighted by molar-refractivity contribution is 7.90. The smallest absolute Gasteiger partial charge is 0.268 e. The number of nitriles is 3. The first-order chi connectivity index (χ1) is 13.4. The third-order valence-electron chi connectivity index (χ3n) is 4.09. The highest BCUT2D eigenvalue weighted by Gasteiger charge is 2.19. The molecule has 0 unspecified atom stereocenters. The highest BCUT2D eigenvalue weighted by Crippen LogP contribution is 2.25. The van der Waals surface area contributed by atoms with Crippen molar-refractivity contribution in [3.63, 3.8) is 0 Å². The summed E-state index contributed by atoms with van der Waals surface area (Å²) in [4.78, 5) is 0.181. The van der Waals surface area contributed by atoms with E-state index in [0.29, 0.717) is 16.6 Å². The van der Waals surface area contributed by atoms with Gasteiger partial charge in [0.1, 0.15) is 23.9 Å². The van der Waals surface area contributed by atoms with Gasteiger partial charge in [0.05, 0.1) is 10.4 Å². The molecule has 0 radical (unpaired) electrons. The third kappa shape index (κ3) is 3.31. The largest absolute Gasteiger partial charge is 0.345 e. The van der Waals surface area contributed by atoms with Gasteiger partial charge >= 0.3 is 0 Å². The highest BCUT2D eigenvalue weighted by atomic mass is 32.2. The summed E-state index contributed by atoms with van der Waals surface area (Å²) in [7, 11) is -3.75. The number of anilines is 1. The van der Waals surface area contributed by atoms with Crippen molar-refractivity contribution >= 4 is 26.6 Å². The Morgan fingerprint density at radius 1 is 0.964 bits per heavy atom. The van der Waals surface area contributed by atoms with Gasteiger partial charge in [-0.2, -0.15) is 15.8 Å². The molecule has 1 heterocycles. The van der Waals surface area contributed by atoms with Crippen LogP contribution in [0.25, 0.3) is 10.9 Å². The number of nitrogens with zero attached hydrogens (tertiary/aromatic N) is 4. The number of allylic oxidation sites excluding steroid dienone is 2. The first kappa shape index (κ1) is 18.7. The average Bonchev–Trinajstić information content (AvgIpc) is 3.12. The quantitative estimate of drug-likeness (QED) is 0.684. The van der Waals surface area contributed by atoms with Gasteiger partial charge in [0.15, 0.2) is 5.57 Å². The van der Waals surface area contributed by atoms with Gasteiger partial charge in [-0.3, -0.25) is 0 Å². The molecule has 0 saturated carbocycles. The Hall–Kier alpha value is -4.06. The fourth-order valence-electron chi connectivity index (χ4n) is 2.66. The Labute approximate surface area is 162 Å². The molecule has 3 rings (SSSR count). The van der Waals surface area contributed by atoms with E-state index in [-0.39, 0.29) is 16.2 Å². The monoisotopic (exact) mass is 387 g/mol. The second-order valence-corrected chi connectivity index (χ2v) is 7.73. The SMILES string of the molecule is Cc1ccc(S(=O)(=O)n2ccc3cc(NC(C#N)=C(C#N)C#N)ccc32)cc1. The molecule has 7 nitrogen and oxygen atoms in total. The maximum Gasteiger partial charge on any atom is 0.268 e. The van der Waals surface area contributed by atoms with Gasteiger partial charge in [-0.15, -0.1) is 0 Å². The van der Waals surface area contributed by atoms with Gasteiger partial charge in [0, 0.05) is 17.3 Å². The summed E-state index contributed by atoms with van der Waals surface area (Å²) < 4.78 is 27.0. The van der Waals surface area contributed by atoms with Crippen LogP contribution in [-0.2, 0) is 10.0 Å². The van der Waals surface area contributed by atoms with Gasteiger partial charge in [-0.1, -0.05) is 17.7 Å². The summed E-state index contributed by atoms with van der Waals surface area (Å²) in [5, 5.41) is 30.3. The number of rotatable bonds is 4. The molecule has 0 saturated heterocycles. The third-order valence-corrected chi connectivity index (χ3v) is 5.79. The summed E-state index contributed by atoms with van der Waals surface area (Å²) in [6.07, 6.45) is 1.46. The minimum atomic E-state index is -3.75. The van der Waals surface area contributed by atoms with E-state index in [1.807, 2.05) is 6.92 Å². The van der Waals surface area contributed by atoms with Crippen LogP contribution in [0.2, 0.25) is 0 Å². The standard InChI is InChI=1S/C20H13N5O2S/c1-14-2-5-18(6-3-14)28(26,27)25-9-8-15-10-17(4-7-20(15)25)24-19(13-23)16(11-21)12-22/h2-10,24H,1H3. The van der Waals surface area contributed by atoms with Crippen molar-refractivity contribution in [2.75, 3.05) is 5.32 Å². The summed E-state index contributed by atoms with van der Waals surface area (Å²) in [5.74, 6) is 0. The molecule has 0 aliphatic heterocycles. The summed E-state index contributed by atoms with van der Waals surface area (Å²) in [6.45, 7) is 1.88. The number of aryl methyl sites for hydroxylation is 1. The second kappa shape index (κ2) is 7.28. The lowest BCUT2D eigenvalue weighted by atomic mass is 10.2. The zero-order valence-corrected chi connectivity index (χ0v) is 15.5. The number of hydrogen-bond acceptors (Lipinski definition) is 6. The molecule has 0 atom stereocenters. The molecule has 136 valence electrons. The lowest BCUT2D eigenvalue weighted by Gasteiger charge is -2.09. The second-order valence-electron chi connectivity index (χ2n) is 5.91. The lowest BCUT2D eigenvalue weighted by Crippen LogP contribution is -2.11. The summed E-state index contributed by atoms with van der Waals surface area (Å²) in [6, 6.07) is 18.1. The van der Waals surface area contributed by atoms with E-state index in [1.165, 1.54) is 10.2 Å². The van der Waals surface area contributed by atoms with E-state index in [4.69, 9.17) is 15.8 Å². The summed E-state index contributed by atoms with van der Waals surface area (Å²) in [5.41, 5.74) is 1.38. The van der Waals surface area contributed by atoms with Crippen LogP contribution >= 0.6 is 0 Å². The zero-order valence-electron chi connectivity index (χ0n) is 14.7. The molecule has 0 aliphatic carbocycles. The average molecular weight is 387 g/mol. The minimum absolute atomic E-state index is 0.170. The van der Waals surface area contributed by atoms with Crippen LogP contribution in [0.5, 0.6) is 0 Å². The summed E-state index contributed by atoms with van der Waals surface area (Å²) >= 11 is 0. The van der Waals surface area contributed by atoms with Gasteiger partial charge in [0.25, 0.3) is 10.0 Å². The number of benzene rings is 2. The van der Waals surface area contributed by atoms with Crippen LogP contribution < -0.4 is 5.32 Å². The van der Waals surface area contributed by atoms with Crippen LogP contribution in [0.15, 0.2) is 70.9 Å². The maximum absolute atomic E-state index is 12.9. The van der Waals surface area contributed by atoms with Crippen LogP contribution in [0.4, 0.5) is 5.69 Å². The van der Waals surface area contributed by atoms with Gasteiger partial charge < -0.3 is 5.32 Å². The molecular weight excluding hydrogens is 374 g/mol. The van der Waals surface area contributed by atoms with E-state index in [0.717, 1.165) is 5.56 Å². The zero-order chi connectivity index (χ0) is 20.3. The number of nitrogens with one attached hydrogen (secondary N) is 1. The van der Waals surface area contributed by atoms with Crippen molar-refractivity contribution in [1.82, 2.24) is 3.97 Å². The van der Waals surface area contributed by atoms with Gasteiger partial charge in [-0.05, 0) is 43.3 Å². The Balaban J connectivity index is 2.04. The molecule has 28 heavy (non-hydrogen) atoms. The van der Waals surface area contributed by atoms with Gasteiger partial charge in [0.2, 0.25) is 0 Å². The van der Waals surface area contributed by atoms with Crippen molar-refractivity contribution in [2.24, 2.45) is 0 Å². The van der Waals surface area contributed by atoms with E-state index < -0.39 is 10.0 Å². The molecule has 0 aliphatic rings. The van der Waals surface area contributed by atoms with Gasteiger partial charge in [-0.25, -0.2) is 12.4 Å². The molecular formula is C20H13N5O2S. The van der Waals surface area contributed by atoms with E-state index in [2.05, 4.69) is 5.32 Å². The van der Waals surface area contributed by atoms with E-state index in [9.17, 15) is 8.42 Å². The molecule has 8 heteroatoms. The van der Waals surface area contributed by atoms with Crippen molar-refractivity contribution < 1.29 is 8.42 Å². The van der Waals surface area contributed by atoms with Crippen LogP contribution in [0.1, 0.15) is 5.56 Å². The topological polar surface area (TPSA) is 122 Å². The molecule has 3 aromatic rings. The predicted octanol–water partition coefficient (Wildman–Crippen LogP) is 3.42. The number of fused-ring (bicyclic) bond motifs is 1. The van der Waals surface area contributed by atoms with E-state index >= 15 is 0 Å². The normalized spacial score (nSPS) is 10.5. The van der Waals surface area contributed by atoms with E-state index in [1.54, 1.807) is 66.7 Å². The maximum atomic E-state index is 12.9. The minimum Gasteiger partial charge on any atom is -0.345 e.